The molecule has 0 radical (unpaired) electrons. The van der Waals surface area contributed by atoms with Gasteiger partial charge in [0.15, 0.2) is 9.84 Å². The first-order valence-electron chi connectivity index (χ1n) is 9.13. The number of sulfone groups is 1. The molecule has 0 saturated heterocycles. The number of hydrogen-bond acceptors (Lipinski definition) is 3. The van der Waals surface area contributed by atoms with Crippen molar-refractivity contribution in [2.75, 3.05) is 6.26 Å². The highest BCUT2D eigenvalue weighted by molar-refractivity contribution is 7.89. The van der Waals surface area contributed by atoms with Crippen molar-refractivity contribution >= 4 is 27.4 Å². The summed E-state index contributed by atoms with van der Waals surface area (Å²) in [5.41, 5.74) is 4.58. The fourth-order valence-corrected chi connectivity index (χ4v) is 4.79. The highest BCUT2D eigenvalue weighted by Crippen LogP contribution is 2.36. The first-order chi connectivity index (χ1) is 13.6. The number of benzene rings is 2. The Morgan fingerprint density at radius 1 is 1.14 bits per heavy atom. The zero-order valence-corrected chi connectivity index (χ0v) is 18.0. The molecule has 0 bridgehead atoms. The van der Waals surface area contributed by atoms with Crippen molar-refractivity contribution < 1.29 is 18.3 Å². The number of rotatable bonds is 6. The summed E-state index contributed by atoms with van der Waals surface area (Å²) in [6, 6.07) is 14.6. The maximum Gasteiger partial charge on any atom is 0.353 e. The van der Waals surface area contributed by atoms with E-state index in [-0.39, 0.29) is 16.5 Å². The fourth-order valence-electron chi connectivity index (χ4n) is 3.66. The average Bonchev–Trinajstić information content (AvgIpc) is 2.95. The molecule has 152 valence electrons. The third kappa shape index (κ3) is 4.23. The molecule has 0 amide bonds. The summed E-state index contributed by atoms with van der Waals surface area (Å²) in [6.45, 7) is 3.80. The second-order valence-corrected chi connectivity index (χ2v) is 9.55. The number of aromatic carboxylic acids is 1. The smallest absolute Gasteiger partial charge is 0.353 e. The van der Waals surface area contributed by atoms with Gasteiger partial charge in [0.05, 0.1) is 11.4 Å². The molecule has 2 aromatic carbocycles. The number of halogens is 1. The van der Waals surface area contributed by atoms with Crippen molar-refractivity contribution in [2.24, 2.45) is 0 Å². The molecule has 0 aliphatic heterocycles. The van der Waals surface area contributed by atoms with Gasteiger partial charge < -0.3 is 9.67 Å². The predicted molar refractivity (Wildman–Crippen MR) is 116 cm³/mol. The van der Waals surface area contributed by atoms with Crippen LogP contribution >= 0.6 is 11.6 Å². The molecule has 0 fully saturated rings. The minimum Gasteiger partial charge on any atom is -0.477 e. The number of carboxylic acids is 1. The van der Waals surface area contributed by atoms with Crippen molar-refractivity contribution in [3.05, 3.63) is 75.9 Å². The topological polar surface area (TPSA) is 76.4 Å². The number of carboxylic acid groups (broad SMARTS) is 1. The Morgan fingerprint density at radius 3 is 2.31 bits per heavy atom. The second-order valence-electron chi connectivity index (χ2n) is 7.01. The van der Waals surface area contributed by atoms with Crippen molar-refractivity contribution in [2.45, 2.75) is 26.0 Å². The van der Waals surface area contributed by atoms with E-state index in [9.17, 15) is 18.3 Å². The highest BCUT2D eigenvalue weighted by Gasteiger charge is 2.25. The van der Waals surface area contributed by atoms with Gasteiger partial charge >= 0.3 is 5.97 Å². The number of nitrogens with zero attached hydrogens (tertiary/aromatic N) is 1. The predicted octanol–water partition coefficient (Wildman–Crippen LogP) is 4.91. The van der Waals surface area contributed by atoms with Gasteiger partial charge in [-0.05, 0) is 47.7 Å². The molecule has 1 aromatic heterocycles. The quantitative estimate of drug-likeness (QED) is 0.601. The second kappa shape index (κ2) is 8.05. The molecule has 1 heterocycles. The van der Waals surface area contributed by atoms with Gasteiger partial charge in [0.25, 0.3) is 0 Å². The van der Waals surface area contributed by atoms with E-state index in [1.165, 1.54) is 0 Å². The summed E-state index contributed by atoms with van der Waals surface area (Å²) < 4.78 is 25.0. The Bertz CT molecular complexity index is 1180. The molecule has 0 aliphatic carbocycles. The molecule has 3 rings (SSSR count). The standard InChI is InChI=1S/C22H22ClNO4S/c1-4-18-14(2)20(22(25)26)24(21(18)15-8-6-5-7-9-15)17-11-10-16(19(23)12-17)13-29(3,27)28/h5-12H,4,13H2,1-3H3,(H,25,26). The van der Waals surface area contributed by atoms with Crippen LogP contribution in [0, 0.1) is 6.92 Å². The summed E-state index contributed by atoms with van der Waals surface area (Å²) >= 11 is 6.37. The summed E-state index contributed by atoms with van der Waals surface area (Å²) in [7, 11) is -3.24. The fraction of sp³-hybridized carbons (Fsp3) is 0.227. The van der Waals surface area contributed by atoms with Gasteiger partial charge in [0.2, 0.25) is 0 Å². The molecule has 5 nitrogen and oxygen atoms in total. The lowest BCUT2D eigenvalue weighted by Gasteiger charge is -2.15. The Hall–Kier alpha value is -2.57. The molecule has 0 unspecified atom stereocenters. The minimum absolute atomic E-state index is 0.172. The summed E-state index contributed by atoms with van der Waals surface area (Å²) in [5.74, 6) is -1.20. The first kappa shape index (κ1) is 21.1. The summed E-state index contributed by atoms with van der Waals surface area (Å²) in [5, 5.41) is 10.2. The van der Waals surface area contributed by atoms with Crippen LogP contribution in [-0.4, -0.2) is 30.3 Å². The van der Waals surface area contributed by atoms with Crippen LogP contribution in [0.1, 0.15) is 34.1 Å². The van der Waals surface area contributed by atoms with Gasteiger partial charge in [0.1, 0.15) is 5.69 Å². The summed E-state index contributed by atoms with van der Waals surface area (Å²) in [6.07, 6.45) is 1.82. The monoisotopic (exact) mass is 431 g/mol. The van der Waals surface area contributed by atoms with E-state index in [1.807, 2.05) is 44.2 Å². The van der Waals surface area contributed by atoms with Crippen LogP contribution < -0.4 is 0 Å². The van der Waals surface area contributed by atoms with Gasteiger partial charge in [-0.25, -0.2) is 13.2 Å². The lowest BCUT2D eigenvalue weighted by atomic mass is 10.0. The molecule has 0 spiro atoms. The third-order valence-corrected chi connectivity index (χ3v) is 6.04. The maximum atomic E-state index is 12.1. The van der Waals surface area contributed by atoms with E-state index in [1.54, 1.807) is 22.8 Å². The van der Waals surface area contributed by atoms with Crippen LogP contribution in [0.3, 0.4) is 0 Å². The SMILES string of the molecule is CCc1c(C)c(C(=O)O)n(-c2ccc(CS(C)(=O)=O)c(Cl)c2)c1-c1ccccc1. The van der Waals surface area contributed by atoms with Crippen LogP contribution in [-0.2, 0) is 22.0 Å². The largest absolute Gasteiger partial charge is 0.477 e. The Labute approximate surface area is 175 Å². The van der Waals surface area contributed by atoms with E-state index >= 15 is 0 Å². The van der Waals surface area contributed by atoms with Crippen molar-refractivity contribution in [1.82, 2.24) is 4.57 Å². The average molecular weight is 432 g/mol. The Kier molecular flexibility index (Phi) is 5.87. The van der Waals surface area contributed by atoms with E-state index in [2.05, 4.69) is 0 Å². The van der Waals surface area contributed by atoms with Crippen molar-refractivity contribution in [3.8, 4) is 16.9 Å². The Balaban J connectivity index is 2.31. The van der Waals surface area contributed by atoms with Crippen LogP contribution in [0.4, 0.5) is 0 Å². The van der Waals surface area contributed by atoms with Gasteiger partial charge in [0, 0.05) is 17.0 Å². The van der Waals surface area contributed by atoms with E-state index in [0.29, 0.717) is 23.2 Å². The number of aromatic nitrogens is 1. The molecular formula is C22H22ClNO4S. The van der Waals surface area contributed by atoms with Crippen molar-refractivity contribution in [1.29, 1.82) is 0 Å². The first-order valence-corrected chi connectivity index (χ1v) is 11.6. The highest BCUT2D eigenvalue weighted by atomic mass is 35.5. The number of carbonyl (C=O) groups is 1. The maximum absolute atomic E-state index is 12.1. The van der Waals surface area contributed by atoms with Gasteiger partial charge in [-0.15, -0.1) is 0 Å². The number of hydrogen-bond donors (Lipinski definition) is 1. The van der Waals surface area contributed by atoms with Crippen LogP contribution in [0.25, 0.3) is 16.9 Å². The minimum atomic E-state index is -3.24. The van der Waals surface area contributed by atoms with Crippen molar-refractivity contribution in [3.63, 3.8) is 0 Å². The molecule has 0 atom stereocenters. The molecular weight excluding hydrogens is 410 g/mol. The van der Waals surface area contributed by atoms with Gasteiger partial charge in [-0.3, -0.25) is 0 Å². The van der Waals surface area contributed by atoms with Crippen LogP contribution in [0.5, 0.6) is 0 Å². The zero-order chi connectivity index (χ0) is 21.3. The molecule has 29 heavy (non-hydrogen) atoms. The molecule has 3 aromatic rings. The Morgan fingerprint density at radius 2 is 1.79 bits per heavy atom. The molecule has 7 heteroatoms. The molecule has 1 N–H and O–H groups in total. The van der Waals surface area contributed by atoms with Crippen LogP contribution in [0.2, 0.25) is 5.02 Å². The summed E-state index contributed by atoms with van der Waals surface area (Å²) in [4.78, 5) is 12.1. The lowest BCUT2D eigenvalue weighted by molar-refractivity contribution is 0.0687. The van der Waals surface area contributed by atoms with E-state index < -0.39 is 15.8 Å². The molecule has 0 aliphatic rings. The van der Waals surface area contributed by atoms with Crippen LogP contribution in [0.15, 0.2) is 48.5 Å². The van der Waals surface area contributed by atoms with Gasteiger partial charge in [-0.1, -0.05) is 54.9 Å². The molecule has 0 saturated carbocycles. The van der Waals surface area contributed by atoms with E-state index in [4.69, 9.17) is 11.6 Å². The third-order valence-electron chi connectivity index (χ3n) is 4.86. The zero-order valence-electron chi connectivity index (χ0n) is 16.4. The van der Waals surface area contributed by atoms with E-state index in [0.717, 1.165) is 23.1 Å². The lowest BCUT2D eigenvalue weighted by Crippen LogP contribution is -2.10. The van der Waals surface area contributed by atoms with Gasteiger partial charge in [-0.2, -0.15) is 0 Å². The normalized spacial score (nSPS) is 11.6.